The summed E-state index contributed by atoms with van der Waals surface area (Å²) in [6, 6.07) is 0. The summed E-state index contributed by atoms with van der Waals surface area (Å²) in [5.41, 5.74) is 0. The summed E-state index contributed by atoms with van der Waals surface area (Å²) in [5, 5.41) is 20.9. The Labute approximate surface area is 177 Å². The summed E-state index contributed by atoms with van der Waals surface area (Å²) in [7, 11) is 5.68. The van der Waals surface area contributed by atoms with Gasteiger partial charge in [-0.25, -0.2) is 0 Å². The Morgan fingerprint density at radius 1 is 0.966 bits per heavy atom. The van der Waals surface area contributed by atoms with Crippen molar-refractivity contribution in [3.63, 3.8) is 0 Å². The van der Waals surface area contributed by atoms with E-state index < -0.39 is 24.1 Å². The first-order valence-electron chi connectivity index (χ1n) is 11.2. The number of carboxylic acids is 1. The number of carbonyl (C=O) groups excluding carboxylic acids is 2. The van der Waals surface area contributed by atoms with Crippen LogP contribution in [0.1, 0.15) is 84.0 Å². The van der Waals surface area contributed by atoms with Crippen LogP contribution >= 0.6 is 0 Å². The van der Waals surface area contributed by atoms with Crippen LogP contribution < -0.4 is 5.11 Å². The van der Waals surface area contributed by atoms with E-state index >= 15 is 0 Å². The Kier molecular flexibility index (Phi) is 15.6. The number of unbranched alkanes of at least 4 members (excludes halogenated alkanes) is 7. The summed E-state index contributed by atoms with van der Waals surface area (Å²) in [6.07, 6.45) is 13.5. The minimum absolute atomic E-state index is 0.109. The Hall–Kier alpha value is -1.40. The maximum Gasteiger partial charge on any atom is 0.308 e. The zero-order valence-electron chi connectivity index (χ0n) is 19.0. The number of aliphatic carboxylic acids is 1. The molecular weight excluding hydrogens is 370 g/mol. The molecular formula is C23H43NO5. The number of esters is 1. The highest BCUT2D eigenvalue weighted by Gasteiger charge is 2.23. The average Bonchev–Trinajstić information content (AvgIpc) is 2.57. The van der Waals surface area contributed by atoms with Crippen molar-refractivity contribution in [2.24, 2.45) is 0 Å². The molecule has 0 unspecified atom stereocenters. The molecule has 0 amide bonds. The van der Waals surface area contributed by atoms with Crippen molar-refractivity contribution < 1.29 is 29.0 Å². The normalized spacial score (nSPS) is 14.1. The van der Waals surface area contributed by atoms with Crippen LogP contribution in [0.3, 0.4) is 0 Å². The standard InChI is InChI=1S/C23H43NO5/c1-5-6-7-8-9-10-11-12-13-14-15-16-20(25)17-23(28)29-21(18-22(26)27)19-24(2,3)4/h12-13,20-21,25H,5-11,14-19H2,1-4H3/b13-12-/t20-,21+/m0/s1. The Morgan fingerprint density at radius 3 is 2.14 bits per heavy atom. The van der Waals surface area contributed by atoms with Gasteiger partial charge < -0.3 is 24.2 Å². The van der Waals surface area contributed by atoms with Gasteiger partial charge in [0.25, 0.3) is 0 Å². The van der Waals surface area contributed by atoms with Crippen molar-refractivity contribution in [2.45, 2.75) is 96.2 Å². The van der Waals surface area contributed by atoms with E-state index in [1.807, 2.05) is 21.1 Å². The maximum atomic E-state index is 12.0. The van der Waals surface area contributed by atoms with Crippen LogP contribution in [0.2, 0.25) is 0 Å². The third kappa shape index (κ3) is 19.7. The van der Waals surface area contributed by atoms with Crippen LogP contribution in [-0.4, -0.2) is 61.4 Å². The van der Waals surface area contributed by atoms with E-state index in [0.29, 0.717) is 17.4 Å². The van der Waals surface area contributed by atoms with Crippen LogP contribution in [-0.2, 0) is 14.3 Å². The molecule has 6 nitrogen and oxygen atoms in total. The molecule has 170 valence electrons. The monoisotopic (exact) mass is 413 g/mol. The van der Waals surface area contributed by atoms with Crippen LogP contribution in [0.15, 0.2) is 12.2 Å². The highest BCUT2D eigenvalue weighted by Crippen LogP contribution is 2.11. The number of hydrogen-bond acceptors (Lipinski definition) is 5. The topological polar surface area (TPSA) is 86.7 Å². The predicted octanol–water partition coefficient (Wildman–Crippen LogP) is 2.97. The van der Waals surface area contributed by atoms with E-state index in [0.717, 1.165) is 19.3 Å². The van der Waals surface area contributed by atoms with Crippen LogP contribution in [0.4, 0.5) is 0 Å². The number of hydrogen-bond donors (Lipinski definition) is 1. The van der Waals surface area contributed by atoms with Crippen molar-refractivity contribution >= 4 is 11.9 Å². The van der Waals surface area contributed by atoms with Gasteiger partial charge in [-0.15, -0.1) is 0 Å². The largest absolute Gasteiger partial charge is 0.550 e. The van der Waals surface area contributed by atoms with Crippen molar-refractivity contribution in [2.75, 3.05) is 27.7 Å². The number of aliphatic hydroxyl groups excluding tert-OH is 1. The first-order chi connectivity index (χ1) is 13.6. The van der Waals surface area contributed by atoms with E-state index in [1.165, 1.54) is 38.5 Å². The molecule has 29 heavy (non-hydrogen) atoms. The Balaban J connectivity index is 3.94. The van der Waals surface area contributed by atoms with E-state index in [9.17, 15) is 19.8 Å². The molecule has 2 atom stereocenters. The second kappa shape index (κ2) is 16.4. The molecule has 0 aromatic heterocycles. The maximum absolute atomic E-state index is 12.0. The van der Waals surface area contributed by atoms with Gasteiger partial charge in [0.05, 0.1) is 33.7 Å². The summed E-state index contributed by atoms with van der Waals surface area (Å²) in [5.74, 6) is -1.81. The van der Waals surface area contributed by atoms with E-state index in [-0.39, 0.29) is 12.8 Å². The molecule has 6 heteroatoms. The fraction of sp³-hybridized carbons (Fsp3) is 0.826. The molecule has 1 N–H and O–H groups in total. The molecule has 0 saturated carbocycles. The first kappa shape index (κ1) is 27.6. The van der Waals surface area contributed by atoms with Gasteiger partial charge in [0, 0.05) is 12.4 Å². The number of ether oxygens (including phenoxy) is 1. The third-order valence-electron chi connectivity index (χ3n) is 4.65. The smallest absolute Gasteiger partial charge is 0.308 e. The van der Waals surface area contributed by atoms with E-state index in [1.54, 1.807) is 0 Å². The zero-order chi connectivity index (χ0) is 22.1. The van der Waals surface area contributed by atoms with Gasteiger partial charge in [0.1, 0.15) is 6.54 Å². The SMILES string of the molecule is CCCCCCCC/C=C\CCC[C@H](O)CC(=O)O[C@H](CC(=O)[O-])C[N+](C)(C)C. The number of nitrogens with zero attached hydrogens (tertiary/aromatic N) is 1. The molecule has 0 aliphatic carbocycles. The molecule has 0 aliphatic rings. The number of likely N-dealkylation sites (N-methyl/N-ethyl adjacent to an activating group) is 1. The van der Waals surface area contributed by atoms with Gasteiger partial charge in [0.2, 0.25) is 0 Å². The Morgan fingerprint density at radius 2 is 1.55 bits per heavy atom. The molecule has 0 aliphatic heterocycles. The summed E-state index contributed by atoms with van der Waals surface area (Å²) in [4.78, 5) is 22.9. The van der Waals surface area contributed by atoms with Gasteiger partial charge in [-0.2, -0.15) is 0 Å². The summed E-state index contributed by atoms with van der Waals surface area (Å²) in [6.45, 7) is 2.60. The van der Waals surface area contributed by atoms with Crippen molar-refractivity contribution in [1.82, 2.24) is 0 Å². The molecule has 0 rings (SSSR count). The number of carboxylic acid groups (broad SMARTS) is 1. The Bertz CT molecular complexity index is 470. The molecule has 0 aromatic rings. The molecule has 0 aromatic carbocycles. The fourth-order valence-corrected chi connectivity index (χ4v) is 3.22. The first-order valence-corrected chi connectivity index (χ1v) is 11.2. The molecule has 0 fully saturated rings. The van der Waals surface area contributed by atoms with Crippen LogP contribution in [0.5, 0.6) is 0 Å². The van der Waals surface area contributed by atoms with Gasteiger partial charge in [0.15, 0.2) is 6.10 Å². The lowest BCUT2D eigenvalue weighted by Gasteiger charge is -2.29. The summed E-state index contributed by atoms with van der Waals surface area (Å²) < 4.78 is 5.74. The number of quaternary nitrogens is 1. The van der Waals surface area contributed by atoms with Crippen LogP contribution in [0, 0.1) is 0 Å². The van der Waals surface area contributed by atoms with Gasteiger partial charge in [-0.05, 0) is 32.1 Å². The lowest BCUT2D eigenvalue weighted by atomic mass is 10.1. The van der Waals surface area contributed by atoms with Crippen molar-refractivity contribution in [3.8, 4) is 0 Å². The predicted molar refractivity (Wildman–Crippen MR) is 114 cm³/mol. The second-order valence-corrected chi connectivity index (χ2v) is 8.98. The van der Waals surface area contributed by atoms with Crippen molar-refractivity contribution in [3.05, 3.63) is 12.2 Å². The number of allylic oxidation sites excluding steroid dienone is 2. The van der Waals surface area contributed by atoms with E-state index in [4.69, 9.17) is 4.74 Å². The molecule has 0 heterocycles. The minimum Gasteiger partial charge on any atom is -0.550 e. The molecule has 0 saturated heterocycles. The number of rotatable bonds is 18. The molecule has 0 bridgehead atoms. The second-order valence-electron chi connectivity index (χ2n) is 8.98. The zero-order valence-corrected chi connectivity index (χ0v) is 19.0. The number of carbonyl (C=O) groups is 2. The quantitative estimate of drug-likeness (QED) is 0.162. The van der Waals surface area contributed by atoms with Gasteiger partial charge >= 0.3 is 5.97 Å². The average molecular weight is 414 g/mol. The lowest BCUT2D eigenvalue weighted by molar-refractivity contribution is -0.873. The van der Waals surface area contributed by atoms with Crippen LogP contribution in [0.25, 0.3) is 0 Å². The molecule has 0 spiro atoms. The van der Waals surface area contributed by atoms with Crippen molar-refractivity contribution in [1.29, 1.82) is 0 Å². The highest BCUT2D eigenvalue weighted by atomic mass is 16.5. The van der Waals surface area contributed by atoms with Gasteiger partial charge in [-0.3, -0.25) is 4.79 Å². The number of aliphatic hydroxyl groups is 1. The van der Waals surface area contributed by atoms with E-state index in [2.05, 4.69) is 19.1 Å². The fourth-order valence-electron chi connectivity index (χ4n) is 3.22. The van der Waals surface area contributed by atoms with Gasteiger partial charge in [-0.1, -0.05) is 51.2 Å². The molecule has 0 radical (unpaired) electrons. The highest BCUT2D eigenvalue weighted by molar-refractivity contribution is 5.71. The lowest BCUT2D eigenvalue weighted by Crippen LogP contribution is -2.45. The third-order valence-corrected chi connectivity index (χ3v) is 4.65. The minimum atomic E-state index is -1.25. The summed E-state index contributed by atoms with van der Waals surface area (Å²) >= 11 is 0.